The summed E-state index contributed by atoms with van der Waals surface area (Å²) in [6.07, 6.45) is 3.46. The molecule has 2 atom stereocenters. The number of amides is 1. The summed E-state index contributed by atoms with van der Waals surface area (Å²) in [5, 5.41) is 4.89. The van der Waals surface area contributed by atoms with Crippen molar-refractivity contribution in [2.75, 3.05) is 13.1 Å². The standard InChI is InChI=1S/C21H22ClN3OS/c22-16-7-5-6-15(12-16)13-23-20(26)14-25-11-4-3-9-18(25)21-24-17-8-1-2-10-19(17)27-21/h1-2,5-8,10,12,18H,3-4,9,11,13-14H2,(H,23,26)/p+1/t18-/m1/s1. The topological polar surface area (TPSA) is 46.4 Å². The normalized spacial score (nSPS) is 19.9. The fraction of sp³-hybridized carbons (Fsp3) is 0.333. The van der Waals surface area contributed by atoms with Gasteiger partial charge in [0.25, 0.3) is 5.91 Å². The number of hydrogen-bond acceptors (Lipinski definition) is 3. The van der Waals surface area contributed by atoms with E-state index >= 15 is 0 Å². The lowest BCUT2D eigenvalue weighted by Crippen LogP contribution is -3.14. The van der Waals surface area contributed by atoms with Gasteiger partial charge in [-0.05, 0) is 42.7 Å². The lowest BCUT2D eigenvalue weighted by molar-refractivity contribution is -0.929. The van der Waals surface area contributed by atoms with Crippen LogP contribution in [0.4, 0.5) is 0 Å². The molecule has 1 amide bonds. The molecule has 4 nitrogen and oxygen atoms in total. The first-order chi connectivity index (χ1) is 13.2. The third-order valence-electron chi connectivity index (χ3n) is 5.11. The van der Waals surface area contributed by atoms with E-state index in [0.29, 0.717) is 24.2 Å². The van der Waals surface area contributed by atoms with Crippen molar-refractivity contribution < 1.29 is 9.69 Å². The fourth-order valence-corrected chi connectivity index (χ4v) is 5.12. The number of likely N-dealkylation sites (tertiary alicyclic amines) is 1. The Morgan fingerprint density at radius 3 is 2.96 bits per heavy atom. The van der Waals surface area contributed by atoms with Gasteiger partial charge in [0.05, 0.1) is 16.8 Å². The van der Waals surface area contributed by atoms with Crippen LogP contribution in [0.2, 0.25) is 5.02 Å². The van der Waals surface area contributed by atoms with E-state index < -0.39 is 0 Å². The number of para-hydroxylation sites is 1. The van der Waals surface area contributed by atoms with Crippen molar-refractivity contribution in [2.45, 2.75) is 31.8 Å². The van der Waals surface area contributed by atoms with Gasteiger partial charge in [-0.25, -0.2) is 4.98 Å². The van der Waals surface area contributed by atoms with Crippen LogP contribution in [0.25, 0.3) is 10.2 Å². The van der Waals surface area contributed by atoms with E-state index in [1.165, 1.54) is 16.0 Å². The monoisotopic (exact) mass is 400 g/mol. The minimum atomic E-state index is 0.0815. The zero-order valence-corrected chi connectivity index (χ0v) is 16.7. The molecule has 6 heteroatoms. The molecule has 1 aliphatic rings. The maximum Gasteiger partial charge on any atom is 0.275 e. The second kappa shape index (κ2) is 8.38. The lowest BCUT2D eigenvalue weighted by Gasteiger charge is -2.30. The molecular weight excluding hydrogens is 378 g/mol. The van der Waals surface area contributed by atoms with E-state index in [0.717, 1.165) is 35.5 Å². The highest BCUT2D eigenvalue weighted by atomic mass is 35.5. The smallest absolute Gasteiger partial charge is 0.275 e. The fourth-order valence-electron chi connectivity index (χ4n) is 3.74. The number of nitrogens with zero attached hydrogens (tertiary/aromatic N) is 1. The molecule has 0 bridgehead atoms. The largest absolute Gasteiger partial charge is 0.347 e. The van der Waals surface area contributed by atoms with Crippen molar-refractivity contribution >= 4 is 39.1 Å². The zero-order valence-electron chi connectivity index (χ0n) is 15.1. The van der Waals surface area contributed by atoms with Crippen LogP contribution in [-0.4, -0.2) is 24.0 Å². The Morgan fingerprint density at radius 1 is 1.22 bits per heavy atom. The van der Waals surface area contributed by atoms with Crippen molar-refractivity contribution in [1.82, 2.24) is 10.3 Å². The Kier molecular flexibility index (Phi) is 5.72. The number of rotatable bonds is 5. The number of benzene rings is 2. The molecule has 1 fully saturated rings. The molecule has 1 aliphatic heterocycles. The molecule has 2 N–H and O–H groups in total. The molecule has 0 spiro atoms. The SMILES string of the molecule is O=C(C[NH+]1CCCC[C@@H]1c1nc2ccccc2s1)NCc1cccc(Cl)c1. The molecule has 4 rings (SSSR count). The van der Waals surface area contributed by atoms with Crippen LogP contribution in [0, 0.1) is 0 Å². The second-order valence-electron chi connectivity index (χ2n) is 7.06. The molecular formula is C21H23ClN3OS+. The summed E-state index contributed by atoms with van der Waals surface area (Å²) in [4.78, 5) is 18.7. The number of fused-ring (bicyclic) bond motifs is 1. The first kappa shape index (κ1) is 18.4. The number of hydrogen-bond donors (Lipinski definition) is 2. The van der Waals surface area contributed by atoms with Crippen LogP contribution in [0.15, 0.2) is 48.5 Å². The average molecular weight is 401 g/mol. The molecule has 2 heterocycles. The molecule has 140 valence electrons. The van der Waals surface area contributed by atoms with E-state index in [1.54, 1.807) is 11.3 Å². The van der Waals surface area contributed by atoms with Gasteiger partial charge in [-0.2, -0.15) is 0 Å². The predicted octanol–water partition coefficient (Wildman–Crippen LogP) is 3.38. The quantitative estimate of drug-likeness (QED) is 0.689. The Labute approximate surface area is 168 Å². The molecule has 2 aromatic carbocycles. The van der Waals surface area contributed by atoms with Gasteiger partial charge in [-0.3, -0.25) is 4.79 Å². The van der Waals surface area contributed by atoms with E-state index in [9.17, 15) is 4.79 Å². The first-order valence-corrected chi connectivity index (χ1v) is 10.6. The summed E-state index contributed by atoms with van der Waals surface area (Å²) in [6.45, 7) is 2.02. The number of carbonyl (C=O) groups excluding carboxylic acids is 1. The van der Waals surface area contributed by atoms with Crippen LogP contribution < -0.4 is 10.2 Å². The number of piperidine rings is 1. The summed E-state index contributed by atoms with van der Waals surface area (Å²) in [7, 11) is 0. The number of carbonyl (C=O) groups is 1. The molecule has 1 aromatic heterocycles. The molecule has 3 aromatic rings. The molecule has 0 aliphatic carbocycles. The maximum atomic E-state index is 12.5. The van der Waals surface area contributed by atoms with Crippen LogP contribution >= 0.6 is 22.9 Å². The summed E-state index contributed by atoms with van der Waals surface area (Å²) in [6, 6.07) is 16.2. The summed E-state index contributed by atoms with van der Waals surface area (Å²) < 4.78 is 1.22. The highest BCUT2D eigenvalue weighted by Gasteiger charge is 2.31. The Hall–Kier alpha value is -1.95. The maximum absolute atomic E-state index is 12.5. The average Bonchev–Trinajstić information content (AvgIpc) is 3.11. The van der Waals surface area contributed by atoms with Crippen LogP contribution in [-0.2, 0) is 11.3 Å². The van der Waals surface area contributed by atoms with Gasteiger partial charge in [0, 0.05) is 18.0 Å². The Morgan fingerprint density at radius 2 is 2.11 bits per heavy atom. The number of aromatic nitrogens is 1. The van der Waals surface area contributed by atoms with Gasteiger partial charge in [0.15, 0.2) is 11.6 Å². The summed E-state index contributed by atoms with van der Waals surface area (Å²) in [5.74, 6) is 0.0815. The van der Waals surface area contributed by atoms with Gasteiger partial charge >= 0.3 is 0 Å². The van der Waals surface area contributed by atoms with E-state index in [4.69, 9.17) is 16.6 Å². The van der Waals surface area contributed by atoms with E-state index in [-0.39, 0.29) is 5.91 Å². The Balaban J connectivity index is 1.42. The van der Waals surface area contributed by atoms with Crippen LogP contribution in [0.3, 0.4) is 0 Å². The summed E-state index contributed by atoms with van der Waals surface area (Å²) >= 11 is 7.78. The highest BCUT2D eigenvalue weighted by molar-refractivity contribution is 7.18. The number of nitrogens with one attached hydrogen (secondary N) is 2. The van der Waals surface area contributed by atoms with Crippen molar-refractivity contribution in [3.8, 4) is 0 Å². The van der Waals surface area contributed by atoms with Gasteiger partial charge in [0.2, 0.25) is 0 Å². The molecule has 27 heavy (non-hydrogen) atoms. The third kappa shape index (κ3) is 4.49. The molecule has 1 saturated heterocycles. The van der Waals surface area contributed by atoms with Crippen LogP contribution in [0.5, 0.6) is 0 Å². The second-order valence-corrected chi connectivity index (χ2v) is 8.56. The van der Waals surface area contributed by atoms with Gasteiger partial charge in [0.1, 0.15) is 6.04 Å². The number of halogens is 1. The van der Waals surface area contributed by atoms with Crippen molar-refractivity contribution in [2.24, 2.45) is 0 Å². The highest BCUT2D eigenvalue weighted by Crippen LogP contribution is 2.28. The minimum absolute atomic E-state index is 0.0815. The Bertz CT molecular complexity index is 909. The first-order valence-electron chi connectivity index (χ1n) is 9.40. The van der Waals surface area contributed by atoms with Crippen molar-refractivity contribution in [3.05, 3.63) is 64.1 Å². The third-order valence-corrected chi connectivity index (χ3v) is 6.49. The predicted molar refractivity (Wildman–Crippen MR) is 110 cm³/mol. The molecule has 1 unspecified atom stereocenters. The van der Waals surface area contributed by atoms with Gasteiger partial charge in [-0.1, -0.05) is 35.9 Å². The van der Waals surface area contributed by atoms with Gasteiger partial charge < -0.3 is 10.2 Å². The van der Waals surface area contributed by atoms with Crippen LogP contribution in [0.1, 0.15) is 35.9 Å². The van der Waals surface area contributed by atoms with Crippen molar-refractivity contribution in [1.29, 1.82) is 0 Å². The molecule has 0 saturated carbocycles. The van der Waals surface area contributed by atoms with E-state index in [1.807, 2.05) is 30.3 Å². The summed E-state index contributed by atoms with van der Waals surface area (Å²) in [5.41, 5.74) is 2.08. The van der Waals surface area contributed by atoms with E-state index in [2.05, 4.69) is 23.5 Å². The zero-order chi connectivity index (χ0) is 18.6. The molecule has 0 radical (unpaired) electrons. The lowest BCUT2D eigenvalue weighted by atomic mass is 10.0. The minimum Gasteiger partial charge on any atom is -0.347 e. The van der Waals surface area contributed by atoms with Crippen molar-refractivity contribution in [3.63, 3.8) is 0 Å². The van der Waals surface area contributed by atoms with Gasteiger partial charge in [-0.15, -0.1) is 11.3 Å². The number of thiazole rings is 1. The number of quaternary nitrogens is 1.